The molecule has 3 aromatic carbocycles. The van der Waals surface area contributed by atoms with Gasteiger partial charge in [0.05, 0.1) is 6.61 Å². The molecule has 0 spiro atoms. The standard InChI is InChI=1S/C30H35ClN2O3/c1-22(2)32-30(35)28(20-24-10-5-4-6-11-24)33(21-25-12-7-8-13-27(25)31)29(34)14-9-19-36-26-17-15-23(3)16-18-26/h4-8,10-13,15-18,22,28H,9,14,19-21H2,1-3H3,(H,32,35)/t28-/m0/s1. The highest BCUT2D eigenvalue weighted by molar-refractivity contribution is 6.31. The zero-order chi connectivity index (χ0) is 25.9. The third-order valence-corrected chi connectivity index (χ3v) is 6.19. The summed E-state index contributed by atoms with van der Waals surface area (Å²) in [6.07, 6.45) is 1.21. The van der Waals surface area contributed by atoms with E-state index in [0.29, 0.717) is 24.5 Å². The predicted molar refractivity (Wildman–Crippen MR) is 145 cm³/mol. The van der Waals surface area contributed by atoms with Gasteiger partial charge in [0.25, 0.3) is 0 Å². The number of amides is 2. The molecule has 0 saturated heterocycles. The van der Waals surface area contributed by atoms with Gasteiger partial charge in [-0.25, -0.2) is 0 Å². The van der Waals surface area contributed by atoms with Crippen LogP contribution in [0.2, 0.25) is 5.02 Å². The van der Waals surface area contributed by atoms with Gasteiger partial charge >= 0.3 is 0 Å². The SMILES string of the molecule is Cc1ccc(OCCCC(=O)N(Cc2ccccc2Cl)[C@@H](Cc2ccccc2)C(=O)NC(C)C)cc1. The number of carbonyl (C=O) groups is 2. The highest BCUT2D eigenvalue weighted by atomic mass is 35.5. The van der Waals surface area contributed by atoms with E-state index in [1.54, 1.807) is 11.0 Å². The van der Waals surface area contributed by atoms with E-state index in [1.807, 2.05) is 93.6 Å². The van der Waals surface area contributed by atoms with Crippen LogP contribution in [0.3, 0.4) is 0 Å². The number of hydrogen-bond acceptors (Lipinski definition) is 3. The van der Waals surface area contributed by atoms with Crippen LogP contribution in [0.15, 0.2) is 78.9 Å². The lowest BCUT2D eigenvalue weighted by atomic mass is 10.0. The molecule has 36 heavy (non-hydrogen) atoms. The van der Waals surface area contributed by atoms with Crippen molar-refractivity contribution in [1.82, 2.24) is 10.2 Å². The van der Waals surface area contributed by atoms with Crippen LogP contribution in [0.1, 0.15) is 43.4 Å². The molecule has 3 rings (SSSR count). The van der Waals surface area contributed by atoms with Gasteiger partial charge < -0.3 is 15.0 Å². The number of carbonyl (C=O) groups excluding carboxylic acids is 2. The maximum absolute atomic E-state index is 13.6. The lowest BCUT2D eigenvalue weighted by molar-refractivity contribution is -0.141. The van der Waals surface area contributed by atoms with Crippen molar-refractivity contribution >= 4 is 23.4 Å². The summed E-state index contributed by atoms with van der Waals surface area (Å²) in [6, 6.07) is 24.3. The largest absolute Gasteiger partial charge is 0.494 e. The van der Waals surface area contributed by atoms with Gasteiger partial charge in [0, 0.05) is 30.5 Å². The van der Waals surface area contributed by atoms with E-state index >= 15 is 0 Å². The summed E-state index contributed by atoms with van der Waals surface area (Å²) in [6.45, 7) is 6.52. The molecule has 0 aliphatic carbocycles. The smallest absolute Gasteiger partial charge is 0.243 e. The van der Waals surface area contributed by atoms with Crippen LogP contribution in [0, 0.1) is 6.92 Å². The fourth-order valence-electron chi connectivity index (χ4n) is 3.94. The Balaban J connectivity index is 1.79. The van der Waals surface area contributed by atoms with Crippen molar-refractivity contribution in [3.05, 3.63) is 101 Å². The van der Waals surface area contributed by atoms with Crippen molar-refractivity contribution in [2.75, 3.05) is 6.61 Å². The van der Waals surface area contributed by atoms with E-state index in [4.69, 9.17) is 16.3 Å². The van der Waals surface area contributed by atoms with Crippen LogP contribution in [-0.2, 0) is 22.6 Å². The third kappa shape index (κ3) is 8.42. The van der Waals surface area contributed by atoms with Gasteiger partial charge in [0.15, 0.2) is 0 Å². The van der Waals surface area contributed by atoms with Gasteiger partial charge in [-0.1, -0.05) is 77.8 Å². The van der Waals surface area contributed by atoms with Crippen molar-refractivity contribution in [3.63, 3.8) is 0 Å². The Morgan fingerprint density at radius 1 is 0.944 bits per heavy atom. The van der Waals surface area contributed by atoms with Crippen molar-refractivity contribution in [2.45, 2.75) is 58.7 Å². The van der Waals surface area contributed by atoms with E-state index in [0.717, 1.165) is 22.4 Å². The minimum Gasteiger partial charge on any atom is -0.494 e. The van der Waals surface area contributed by atoms with Gasteiger partial charge in [0.1, 0.15) is 11.8 Å². The van der Waals surface area contributed by atoms with Crippen molar-refractivity contribution in [2.24, 2.45) is 0 Å². The Morgan fingerprint density at radius 3 is 2.28 bits per heavy atom. The van der Waals surface area contributed by atoms with E-state index < -0.39 is 6.04 Å². The third-order valence-electron chi connectivity index (χ3n) is 5.83. The fourth-order valence-corrected chi connectivity index (χ4v) is 4.13. The molecule has 0 heterocycles. The molecule has 0 aliphatic rings. The van der Waals surface area contributed by atoms with Crippen LogP contribution >= 0.6 is 11.6 Å². The molecule has 0 unspecified atom stereocenters. The van der Waals surface area contributed by atoms with Crippen molar-refractivity contribution < 1.29 is 14.3 Å². The number of nitrogens with one attached hydrogen (secondary N) is 1. The second-order valence-corrected chi connectivity index (χ2v) is 9.65. The molecule has 3 aromatic rings. The van der Waals surface area contributed by atoms with Crippen LogP contribution in [0.25, 0.3) is 0 Å². The van der Waals surface area contributed by atoms with Gasteiger partial charge in [-0.3, -0.25) is 9.59 Å². The molecule has 2 amide bonds. The minimum absolute atomic E-state index is 0.0454. The van der Waals surface area contributed by atoms with Gasteiger partial charge in [0.2, 0.25) is 11.8 Å². The Bertz CT molecular complexity index is 1120. The zero-order valence-corrected chi connectivity index (χ0v) is 22.0. The zero-order valence-electron chi connectivity index (χ0n) is 21.2. The number of benzene rings is 3. The number of halogens is 1. The molecule has 0 aromatic heterocycles. The van der Waals surface area contributed by atoms with Crippen LogP contribution in [-0.4, -0.2) is 35.4 Å². The maximum Gasteiger partial charge on any atom is 0.243 e. The summed E-state index contributed by atoms with van der Waals surface area (Å²) in [7, 11) is 0. The Hall–Kier alpha value is -3.31. The number of rotatable bonds is 12. The van der Waals surface area contributed by atoms with E-state index in [2.05, 4.69) is 5.32 Å². The second kappa shape index (κ2) is 13.7. The van der Waals surface area contributed by atoms with Crippen molar-refractivity contribution in [1.29, 1.82) is 0 Å². The Morgan fingerprint density at radius 2 is 1.61 bits per heavy atom. The molecule has 1 atom stereocenters. The first kappa shape index (κ1) is 27.3. The predicted octanol–water partition coefficient (Wildman–Crippen LogP) is 5.97. The monoisotopic (exact) mass is 506 g/mol. The van der Waals surface area contributed by atoms with E-state index in [1.165, 1.54) is 0 Å². The van der Waals surface area contributed by atoms with Gasteiger partial charge in [-0.05, 0) is 56.5 Å². The van der Waals surface area contributed by atoms with Crippen LogP contribution in [0.4, 0.5) is 0 Å². The average molecular weight is 507 g/mol. The molecule has 0 radical (unpaired) electrons. The van der Waals surface area contributed by atoms with Crippen LogP contribution in [0.5, 0.6) is 5.75 Å². The Kier molecular flexibility index (Phi) is 10.4. The molecule has 0 bridgehead atoms. The maximum atomic E-state index is 13.6. The number of aryl methyl sites for hydroxylation is 1. The Labute approximate surface area is 219 Å². The lowest BCUT2D eigenvalue weighted by Crippen LogP contribution is -2.51. The second-order valence-electron chi connectivity index (χ2n) is 9.25. The average Bonchev–Trinajstić information content (AvgIpc) is 2.86. The topological polar surface area (TPSA) is 58.6 Å². The summed E-state index contributed by atoms with van der Waals surface area (Å²) < 4.78 is 5.81. The van der Waals surface area contributed by atoms with Gasteiger partial charge in [-0.15, -0.1) is 0 Å². The van der Waals surface area contributed by atoms with Gasteiger partial charge in [-0.2, -0.15) is 0 Å². The first-order valence-corrected chi connectivity index (χ1v) is 12.8. The molecule has 0 aliphatic heterocycles. The summed E-state index contributed by atoms with van der Waals surface area (Å²) in [4.78, 5) is 28.6. The fraction of sp³-hybridized carbons (Fsp3) is 0.333. The van der Waals surface area contributed by atoms with E-state index in [9.17, 15) is 9.59 Å². The number of ether oxygens (including phenoxy) is 1. The summed E-state index contributed by atoms with van der Waals surface area (Å²) in [5.41, 5.74) is 2.96. The lowest BCUT2D eigenvalue weighted by Gasteiger charge is -2.32. The summed E-state index contributed by atoms with van der Waals surface area (Å²) in [5.74, 6) is 0.492. The molecule has 0 fully saturated rings. The summed E-state index contributed by atoms with van der Waals surface area (Å²) in [5, 5.41) is 3.57. The minimum atomic E-state index is -0.670. The highest BCUT2D eigenvalue weighted by Crippen LogP contribution is 2.21. The summed E-state index contributed by atoms with van der Waals surface area (Å²) >= 11 is 6.45. The molecule has 5 nitrogen and oxygen atoms in total. The normalized spacial score (nSPS) is 11.7. The highest BCUT2D eigenvalue weighted by Gasteiger charge is 2.30. The molecule has 0 saturated carbocycles. The molecule has 1 N–H and O–H groups in total. The first-order valence-electron chi connectivity index (χ1n) is 12.4. The quantitative estimate of drug-likeness (QED) is 0.308. The van der Waals surface area contributed by atoms with Crippen LogP contribution < -0.4 is 10.1 Å². The molecular weight excluding hydrogens is 472 g/mol. The van der Waals surface area contributed by atoms with Crippen molar-refractivity contribution in [3.8, 4) is 5.75 Å². The first-order chi connectivity index (χ1) is 17.3. The van der Waals surface area contributed by atoms with E-state index in [-0.39, 0.29) is 30.8 Å². The molecular formula is C30H35ClN2O3. The number of hydrogen-bond donors (Lipinski definition) is 1. The number of nitrogens with zero attached hydrogens (tertiary/aromatic N) is 1. The molecule has 6 heteroatoms. The molecule has 190 valence electrons.